The lowest BCUT2D eigenvalue weighted by Gasteiger charge is -2.25. The fourth-order valence-corrected chi connectivity index (χ4v) is 4.56. The van der Waals surface area contributed by atoms with Crippen LogP contribution >= 0.6 is 11.6 Å². The molecule has 1 unspecified atom stereocenters. The van der Waals surface area contributed by atoms with E-state index in [0.29, 0.717) is 11.6 Å². The van der Waals surface area contributed by atoms with Gasteiger partial charge in [-0.2, -0.15) is 0 Å². The quantitative estimate of drug-likeness (QED) is 0.578. The predicted molar refractivity (Wildman–Crippen MR) is 120 cm³/mol. The van der Waals surface area contributed by atoms with Crippen molar-refractivity contribution in [3.63, 3.8) is 0 Å². The highest BCUT2D eigenvalue weighted by Gasteiger charge is 2.27. The van der Waals surface area contributed by atoms with Crippen LogP contribution in [0.2, 0.25) is 5.02 Å². The van der Waals surface area contributed by atoms with Crippen molar-refractivity contribution in [2.45, 2.75) is 29.8 Å². The number of rotatable bonds is 9. The number of nitrogens with zero attached hydrogens (tertiary/aromatic N) is 1. The number of hydrogen-bond donors (Lipinski definition) is 2. The molecule has 0 saturated heterocycles. The van der Waals surface area contributed by atoms with Crippen molar-refractivity contribution in [3.8, 4) is 0 Å². The van der Waals surface area contributed by atoms with E-state index in [4.69, 9.17) is 11.6 Å². The summed E-state index contributed by atoms with van der Waals surface area (Å²) in [5.41, 5.74) is 1.69. The zero-order chi connectivity index (χ0) is 21.7. The Hall–Kier alpha value is -2.19. The third-order valence-corrected chi connectivity index (χ3v) is 6.75. The molecule has 2 N–H and O–H groups in total. The molecule has 1 saturated carbocycles. The zero-order valence-electron chi connectivity index (χ0n) is 17.0. The molecule has 2 aromatic carbocycles. The van der Waals surface area contributed by atoms with Gasteiger partial charge in [0.2, 0.25) is 15.9 Å². The Kier molecular flexibility index (Phi) is 7.31. The molecular formula is C22H26ClN3O3S. The summed E-state index contributed by atoms with van der Waals surface area (Å²) < 4.78 is 27.0. The highest BCUT2D eigenvalue weighted by molar-refractivity contribution is 7.89. The number of hydrogen-bond acceptors (Lipinski definition) is 4. The van der Waals surface area contributed by atoms with Gasteiger partial charge in [0.15, 0.2) is 0 Å². The molecule has 0 radical (unpaired) electrons. The standard InChI is InChI=1S/C22H26ClN3O3S/c1-26(2)21(19-5-3-4-6-20(19)23)15-24-22(27)14-9-16-7-12-18(13-8-16)30(28,29)25-17-10-11-17/h3-9,12-14,17,21,25H,10-11,15H2,1-2H3,(H,24,27)/b14-9+. The van der Waals surface area contributed by atoms with Crippen molar-refractivity contribution in [1.29, 1.82) is 0 Å². The SMILES string of the molecule is CN(C)C(CNC(=O)/C=C/c1ccc(S(=O)(=O)NC2CC2)cc1)c1ccccc1Cl. The number of halogens is 1. The molecule has 2 aromatic rings. The van der Waals surface area contributed by atoms with Gasteiger partial charge in [0, 0.05) is 23.7 Å². The molecule has 1 aliphatic carbocycles. The fraction of sp³-hybridized carbons (Fsp3) is 0.318. The minimum atomic E-state index is -3.47. The third kappa shape index (κ3) is 6.15. The smallest absolute Gasteiger partial charge is 0.244 e. The van der Waals surface area contributed by atoms with Crippen LogP contribution in [0.25, 0.3) is 6.08 Å². The van der Waals surface area contributed by atoms with E-state index in [0.717, 1.165) is 24.0 Å². The van der Waals surface area contributed by atoms with Gasteiger partial charge >= 0.3 is 0 Å². The normalized spacial score (nSPS) is 15.5. The number of nitrogens with one attached hydrogen (secondary N) is 2. The van der Waals surface area contributed by atoms with Crippen LogP contribution in [0.1, 0.15) is 30.0 Å². The molecule has 1 atom stereocenters. The van der Waals surface area contributed by atoms with E-state index >= 15 is 0 Å². The Bertz CT molecular complexity index is 1020. The second-order valence-electron chi connectivity index (χ2n) is 7.54. The Morgan fingerprint density at radius 2 is 1.83 bits per heavy atom. The number of likely N-dealkylation sites (N-methyl/N-ethyl adjacent to an activating group) is 1. The van der Waals surface area contributed by atoms with Crippen LogP contribution in [-0.4, -0.2) is 45.9 Å². The summed E-state index contributed by atoms with van der Waals surface area (Å²) in [7, 11) is 0.398. The first kappa shape index (κ1) is 22.5. The molecule has 1 amide bonds. The first-order valence-electron chi connectivity index (χ1n) is 9.75. The van der Waals surface area contributed by atoms with Crippen LogP contribution in [0.15, 0.2) is 59.5 Å². The molecule has 3 rings (SSSR count). The molecule has 0 aromatic heterocycles. The van der Waals surface area contributed by atoms with Gasteiger partial charge in [0.25, 0.3) is 0 Å². The van der Waals surface area contributed by atoms with Crippen LogP contribution in [0, 0.1) is 0 Å². The molecule has 0 aliphatic heterocycles. The molecule has 0 bridgehead atoms. The van der Waals surface area contributed by atoms with Gasteiger partial charge in [0.1, 0.15) is 0 Å². The fourth-order valence-electron chi connectivity index (χ4n) is 2.99. The van der Waals surface area contributed by atoms with Crippen LogP contribution in [0.5, 0.6) is 0 Å². The van der Waals surface area contributed by atoms with Crippen LogP contribution < -0.4 is 10.0 Å². The van der Waals surface area contributed by atoms with Gasteiger partial charge in [-0.15, -0.1) is 0 Å². The first-order chi connectivity index (χ1) is 14.3. The summed E-state index contributed by atoms with van der Waals surface area (Å²) in [6, 6.07) is 14.0. The topological polar surface area (TPSA) is 78.5 Å². The zero-order valence-corrected chi connectivity index (χ0v) is 18.6. The average Bonchev–Trinajstić information content (AvgIpc) is 3.51. The number of carbonyl (C=O) groups is 1. The molecule has 0 spiro atoms. The van der Waals surface area contributed by atoms with Crippen molar-refractivity contribution in [2.24, 2.45) is 0 Å². The highest BCUT2D eigenvalue weighted by atomic mass is 35.5. The van der Waals surface area contributed by atoms with Crippen molar-refractivity contribution in [3.05, 3.63) is 70.8 Å². The monoisotopic (exact) mass is 447 g/mol. The van der Waals surface area contributed by atoms with Gasteiger partial charge in [-0.3, -0.25) is 4.79 Å². The molecular weight excluding hydrogens is 422 g/mol. The molecule has 30 heavy (non-hydrogen) atoms. The van der Waals surface area contributed by atoms with Gasteiger partial charge < -0.3 is 10.2 Å². The van der Waals surface area contributed by atoms with Crippen LogP contribution in [0.4, 0.5) is 0 Å². The molecule has 8 heteroatoms. The summed E-state index contributed by atoms with van der Waals surface area (Å²) >= 11 is 6.29. The average molecular weight is 448 g/mol. The van der Waals surface area contributed by atoms with E-state index in [1.165, 1.54) is 6.08 Å². The minimum Gasteiger partial charge on any atom is -0.351 e. The summed E-state index contributed by atoms with van der Waals surface area (Å²) in [6.45, 7) is 0.407. The van der Waals surface area contributed by atoms with Gasteiger partial charge in [-0.05, 0) is 62.3 Å². The summed E-state index contributed by atoms with van der Waals surface area (Å²) in [5.74, 6) is -0.235. The Morgan fingerprint density at radius 1 is 1.17 bits per heavy atom. The minimum absolute atomic E-state index is 0.0560. The molecule has 160 valence electrons. The molecule has 1 fully saturated rings. The van der Waals surface area contributed by atoms with Crippen molar-refractivity contribution in [2.75, 3.05) is 20.6 Å². The van der Waals surface area contributed by atoms with Gasteiger partial charge in [0.05, 0.1) is 10.9 Å². The van der Waals surface area contributed by atoms with Crippen molar-refractivity contribution < 1.29 is 13.2 Å². The predicted octanol–water partition coefficient (Wildman–Crippen LogP) is 3.21. The lowest BCUT2D eigenvalue weighted by atomic mass is 10.1. The van der Waals surface area contributed by atoms with E-state index in [1.54, 1.807) is 30.3 Å². The van der Waals surface area contributed by atoms with E-state index < -0.39 is 10.0 Å². The number of amides is 1. The highest BCUT2D eigenvalue weighted by Crippen LogP contribution is 2.25. The van der Waals surface area contributed by atoms with Crippen LogP contribution in [-0.2, 0) is 14.8 Å². The van der Waals surface area contributed by atoms with Crippen LogP contribution in [0.3, 0.4) is 0 Å². The third-order valence-electron chi connectivity index (χ3n) is 4.87. The molecule has 6 nitrogen and oxygen atoms in total. The lowest BCUT2D eigenvalue weighted by molar-refractivity contribution is -0.116. The second kappa shape index (κ2) is 9.75. The molecule has 1 aliphatic rings. The maximum atomic E-state index is 12.3. The van der Waals surface area contributed by atoms with E-state index in [1.807, 2.05) is 43.3 Å². The Balaban J connectivity index is 1.58. The van der Waals surface area contributed by atoms with E-state index in [2.05, 4.69) is 10.0 Å². The molecule has 0 heterocycles. The largest absolute Gasteiger partial charge is 0.351 e. The summed E-state index contributed by atoms with van der Waals surface area (Å²) in [6.07, 6.45) is 4.87. The van der Waals surface area contributed by atoms with E-state index in [9.17, 15) is 13.2 Å². The van der Waals surface area contributed by atoms with E-state index in [-0.39, 0.29) is 22.9 Å². The summed E-state index contributed by atoms with van der Waals surface area (Å²) in [5, 5.41) is 3.55. The summed E-state index contributed by atoms with van der Waals surface area (Å²) in [4.78, 5) is 14.5. The Morgan fingerprint density at radius 3 is 2.43 bits per heavy atom. The number of carbonyl (C=O) groups excluding carboxylic acids is 1. The van der Waals surface area contributed by atoms with Crippen molar-refractivity contribution >= 4 is 33.6 Å². The number of sulfonamides is 1. The number of benzene rings is 2. The maximum absolute atomic E-state index is 12.3. The second-order valence-corrected chi connectivity index (χ2v) is 9.67. The van der Waals surface area contributed by atoms with Gasteiger partial charge in [-0.1, -0.05) is 41.9 Å². The van der Waals surface area contributed by atoms with Crippen molar-refractivity contribution in [1.82, 2.24) is 14.9 Å². The maximum Gasteiger partial charge on any atom is 0.244 e. The first-order valence-corrected chi connectivity index (χ1v) is 11.6. The Labute approximate surface area is 183 Å². The van der Waals surface area contributed by atoms with Gasteiger partial charge in [-0.25, -0.2) is 13.1 Å². The lowest BCUT2D eigenvalue weighted by Crippen LogP contribution is -2.33.